The third kappa shape index (κ3) is 4.12. The minimum absolute atomic E-state index is 0.00267. The van der Waals surface area contributed by atoms with Crippen molar-refractivity contribution in [1.82, 2.24) is 9.55 Å². The molecule has 174 valence electrons. The zero-order valence-corrected chi connectivity index (χ0v) is 18.0. The number of carbonyl (C=O) groups is 1. The summed E-state index contributed by atoms with van der Waals surface area (Å²) < 4.78 is 20.2. The maximum absolute atomic E-state index is 13.1. The fourth-order valence-electron chi connectivity index (χ4n) is 3.97. The fraction of sp³-hybridized carbons (Fsp3) is 0.0800. The average molecular weight is 473 g/mol. The van der Waals surface area contributed by atoms with Crippen LogP contribution in [0.2, 0.25) is 0 Å². The second kappa shape index (κ2) is 8.49. The van der Waals surface area contributed by atoms with Crippen LogP contribution in [0.25, 0.3) is 22.6 Å². The van der Waals surface area contributed by atoms with E-state index in [0.717, 1.165) is 0 Å². The molecule has 0 saturated heterocycles. The van der Waals surface area contributed by atoms with Crippen molar-refractivity contribution < 1.29 is 24.0 Å². The summed E-state index contributed by atoms with van der Waals surface area (Å²) in [6, 6.07) is 13.7. The Kier molecular flexibility index (Phi) is 5.33. The molecule has 4 aromatic rings. The number of fused-ring (bicyclic) bond motifs is 2. The average Bonchev–Trinajstić information content (AvgIpc) is 3.23. The summed E-state index contributed by atoms with van der Waals surface area (Å²) >= 11 is 0. The van der Waals surface area contributed by atoms with E-state index in [-0.39, 0.29) is 33.8 Å². The molecule has 0 unspecified atom stereocenters. The summed E-state index contributed by atoms with van der Waals surface area (Å²) in [6.45, 7) is 0.386. The number of benzene rings is 3. The van der Waals surface area contributed by atoms with E-state index in [1.807, 2.05) is 0 Å². The van der Waals surface area contributed by atoms with Gasteiger partial charge in [0.05, 0.1) is 21.4 Å². The molecule has 1 N–H and O–H groups in total. The summed E-state index contributed by atoms with van der Waals surface area (Å²) in [5, 5.41) is 21.2. The number of aromatic nitrogens is 2. The Morgan fingerprint density at radius 1 is 1.14 bits per heavy atom. The fourth-order valence-corrected chi connectivity index (χ4v) is 3.97. The molecule has 5 rings (SSSR count). The number of ether oxygens (including phenoxy) is 1. The Balaban J connectivity index is 1.54. The van der Waals surface area contributed by atoms with E-state index in [2.05, 4.69) is 4.98 Å². The molecule has 0 spiro atoms. The number of nitrogens with zero attached hydrogens (tertiary/aromatic N) is 3. The van der Waals surface area contributed by atoms with E-state index < -0.39 is 16.7 Å². The van der Waals surface area contributed by atoms with Crippen molar-refractivity contribution in [3.63, 3.8) is 0 Å². The van der Waals surface area contributed by atoms with Crippen molar-refractivity contribution in [3.05, 3.63) is 104 Å². The van der Waals surface area contributed by atoms with E-state index >= 15 is 0 Å². The molecular formula is C25H16FN3O6. The topological polar surface area (TPSA) is 125 Å². The third-order valence-electron chi connectivity index (χ3n) is 5.66. The van der Waals surface area contributed by atoms with Crippen LogP contribution in [0.15, 0.2) is 65.5 Å². The van der Waals surface area contributed by atoms with E-state index in [4.69, 9.17) is 4.74 Å². The molecule has 0 bridgehead atoms. The van der Waals surface area contributed by atoms with Gasteiger partial charge in [0.15, 0.2) is 0 Å². The van der Waals surface area contributed by atoms with Gasteiger partial charge in [-0.3, -0.25) is 19.5 Å². The van der Waals surface area contributed by atoms with Gasteiger partial charge in [0.1, 0.15) is 17.4 Å². The van der Waals surface area contributed by atoms with Gasteiger partial charge in [-0.25, -0.2) is 14.2 Å². The quantitative estimate of drug-likeness (QED) is 0.324. The van der Waals surface area contributed by atoms with Gasteiger partial charge in [-0.15, -0.1) is 0 Å². The van der Waals surface area contributed by atoms with Crippen molar-refractivity contribution in [2.24, 2.45) is 0 Å². The highest BCUT2D eigenvalue weighted by atomic mass is 19.1. The molecule has 0 aliphatic carbocycles. The molecule has 9 nitrogen and oxygen atoms in total. The molecule has 0 saturated carbocycles. The first kappa shape index (κ1) is 22.0. The molecule has 35 heavy (non-hydrogen) atoms. The smallest absolute Gasteiger partial charge is 0.335 e. The molecule has 0 radical (unpaired) electrons. The molecule has 3 aromatic carbocycles. The molecule has 1 aliphatic rings. The Labute approximate surface area is 196 Å². The van der Waals surface area contributed by atoms with Crippen LogP contribution in [0, 0.1) is 15.9 Å². The van der Waals surface area contributed by atoms with Crippen LogP contribution < -0.4 is 10.3 Å². The lowest BCUT2D eigenvalue weighted by atomic mass is 10.1. The molecular weight excluding hydrogens is 457 g/mol. The van der Waals surface area contributed by atoms with Crippen LogP contribution >= 0.6 is 0 Å². The lowest BCUT2D eigenvalue weighted by Crippen LogP contribution is -2.21. The van der Waals surface area contributed by atoms with E-state index in [9.17, 15) is 29.2 Å². The maximum atomic E-state index is 13.1. The summed E-state index contributed by atoms with van der Waals surface area (Å²) in [6.07, 6.45) is 2.18. The number of rotatable bonds is 5. The predicted molar refractivity (Wildman–Crippen MR) is 125 cm³/mol. The number of halogens is 1. The maximum Gasteiger partial charge on any atom is 0.335 e. The lowest BCUT2D eigenvalue weighted by Gasteiger charge is -2.08. The zero-order valence-electron chi connectivity index (χ0n) is 18.0. The van der Waals surface area contributed by atoms with Gasteiger partial charge in [-0.2, -0.15) is 0 Å². The van der Waals surface area contributed by atoms with Gasteiger partial charge in [-0.1, -0.05) is 6.07 Å². The zero-order chi connectivity index (χ0) is 24.7. The molecule has 1 aliphatic heterocycles. The minimum Gasteiger partial charge on any atom is -0.478 e. The second-order valence-electron chi connectivity index (χ2n) is 7.89. The Hall–Kier alpha value is -4.86. The van der Waals surface area contributed by atoms with Crippen LogP contribution in [0.5, 0.6) is 11.5 Å². The summed E-state index contributed by atoms with van der Waals surface area (Å²) in [5.41, 5.74) is 0.913. The molecule has 1 aromatic heterocycles. The third-order valence-corrected chi connectivity index (χ3v) is 5.66. The number of carboxylic acids is 1. The van der Waals surface area contributed by atoms with Gasteiger partial charge in [0.25, 0.3) is 5.56 Å². The second-order valence-corrected chi connectivity index (χ2v) is 7.89. The van der Waals surface area contributed by atoms with E-state index in [1.165, 1.54) is 59.2 Å². The Morgan fingerprint density at radius 3 is 2.63 bits per heavy atom. The minimum atomic E-state index is -1.12. The van der Waals surface area contributed by atoms with Gasteiger partial charge in [0, 0.05) is 12.6 Å². The van der Waals surface area contributed by atoms with Crippen molar-refractivity contribution >= 4 is 34.2 Å². The number of carboxylic acid groups (broad SMARTS) is 1. The van der Waals surface area contributed by atoms with Crippen molar-refractivity contribution in [3.8, 4) is 11.5 Å². The Morgan fingerprint density at radius 2 is 1.91 bits per heavy atom. The van der Waals surface area contributed by atoms with Crippen molar-refractivity contribution in [2.75, 3.05) is 0 Å². The number of hydrogen-bond acceptors (Lipinski definition) is 6. The number of hydrogen-bond donors (Lipinski definition) is 1. The predicted octanol–water partition coefficient (Wildman–Crippen LogP) is 4.88. The van der Waals surface area contributed by atoms with Crippen molar-refractivity contribution in [1.29, 1.82) is 0 Å². The molecule has 2 heterocycles. The SMILES string of the molecule is O=C(O)c1ccc2c(=O)n3c(nc2c1)C(=Cc1ccc(Oc2ccc(F)cc2)c([N+](=O)[O-])c1)CC3. The van der Waals surface area contributed by atoms with Gasteiger partial charge in [-0.05, 0) is 72.2 Å². The molecule has 10 heteroatoms. The summed E-state index contributed by atoms with van der Waals surface area (Å²) in [4.78, 5) is 39.8. The monoisotopic (exact) mass is 473 g/mol. The molecule has 0 amide bonds. The van der Waals surface area contributed by atoms with Gasteiger partial charge >= 0.3 is 11.7 Å². The van der Waals surface area contributed by atoms with Crippen LogP contribution in [-0.4, -0.2) is 25.6 Å². The first-order chi connectivity index (χ1) is 16.8. The molecule has 0 fully saturated rings. The number of nitro groups is 1. The summed E-state index contributed by atoms with van der Waals surface area (Å²) in [5.74, 6) is -0.941. The highest BCUT2D eigenvalue weighted by molar-refractivity contribution is 5.93. The van der Waals surface area contributed by atoms with Gasteiger partial charge < -0.3 is 9.84 Å². The number of aromatic carboxylic acids is 1. The number of allylic oxidation sites excluding steroid dienone is 1. The van der Waals surface area contributed by atoms with Gasteiger partial charge in [0.2, 0.25) is 5.75 Å². The largest absolute Gasteiger partial charge is 0.478 e. The first-order valence-electron chi connectivity index (χ1n) is 10.5. The molecule has 0 atom stereocenters. The van der Waals surface area contributed by atoms with E-state index in [1.54, 1.807) is 12.1 Å². The normalized spacial score (nSPS) is 13.7. The van der Waals surface area contributed by atoms with Crippen LogP contribution in [0.4, 0.5) is 10.1 Å². The highest BCUT2D eigenvalue weighted by Gasteiger charge is 2.23. The van der Waals surface area contributed by atoms with Crippen LogP contribution in [0.1, 0.15) is 28.2 Å². The van der Waals surface area contributed by atoms with E-state index in [0.29, 0.717) is 35.3 Å². The number of nitro benzene ring substituents is 1. The van der Waals surface area contributed by atoms with Crippen LogP contribution in [-0.2, 0) is 6.54 Å². The Bertz CT molecular complexity index is 1610. The highest BCUT2D eigenvalue weighted by Crippen LogP contribution is 2.34. The van der Waals surface area contributed by atoms with Crippen molar-refractivity contribution in [2.45, 2.75) is 13.0 Å². The first-order valence-corrected chi connectivity index (χ1v) is 10.5. The lowest BCUT2D eigenvalue weighted by molar-refractivity contribution is -0.385. The standard InChI is InChI=1S/C25H16FN3O6/c26-17-3-5-18(6-4-17)35-22-8-1-14(12-21(22)29(33)34)11-15-9-10-28-23(15)27-20-13-16(25(31)32)2-7-19(20)24(28)30/h1-8,11-13H,9-10H2,(H,31,32). The summed E-state index contributed by atoms with van der Waals surface area (Å²) in [7, 11) is 0. The van der Waals surface area contributed by atoms with Crippen LogP contribution in [0.3, 0.4) is 0 Å².